The molecule has 2 rings (SSSR count). The SMILES string of the molecule is C[C@H](n1cnnc1-c1cccc(N)n1)C(F)(F)F. The summed E-state index contributed by atoms with van der Waals surface area (Å²) in [5.74, 6) is 0.244. The maximum absolute atomic E-state index is 12.7. The quantitative estimate of drug-likeness (QED) is 0.893. The first-order valence-corrected chi connectivity index (χ1v) is 5.08. The third-order valence-electron chi connectivity index (χ3n) is 2.46. The van der Waals surface area contributed by atoms with Gasteiger partial charge in [0.2, 0.25) is 0 Å². The van der Waals surface area contributed by atoms with Crippen LogP contribution < -0.4 is 5.73 Å². The summed E-state index contributed by atoms with van der Waals surface area (Å²) >= 11 is 0. The summed E-state index contributed by atoms with van der Waals surface area (Å²) < 4.78 is 38.9. The van der Waals surface area contributed by atoms with Crippen molar-refractivity contribution in [2.45, 2.75) is 19.1 Å². The number of alkyl halides is 3. The lowest BCUT2D eigenvalue weighted by Crippen LogP contribution is -2.24. The van der Waals surface area contributed by atoms with Crippen LogP contribution in [-0.2, 0) is 0 Å². The molecule has 96 valence electrons. The molecule has 0 aliphatic carbocycles. The number of hydrogen-bond acceptors (Lipinski definition) is 4. The van der Waals surface area contributed by atoms with Crippen LogP contribution in [0, 0.1) is 0 Å². The van der Waals surface area contributed by atoms with E-state index in [4.69, 9.17) is 5.73 Å². The van der Waals surface area contributed by atoms with Crippen LogP contribution in [0.5, 0.6) is 0 Å². The van der Waals surface area contributed by atoms with Crippen LogP contribution in [0.15, 0.2) is 24.5 Å². The number of nitrogens with two attached hydrogens (primary N) is 1. The Morgan fingerprint density at radius 2 is 2.06 bits per heavy atom. The van der Waals surface area contributed by atoms with Crippen molar-refractivity contribution >= 4 is 5.82 Å². The van der Waals surface area contributed by atoms with Crippen molar-refractivity contribution in [3.63, 3.8) is 0 Å². The van der Waals surface area contributed by atoms with E-state index in [1.165, 1.54) is 12.1 Å². The van der Waals surface area contributed by atoms with Gasteiger partial charge in [0.15, 0.2) is 5.82 Å². The van der Waals surface area contributed by atoms with Gasteiger partial charge in [-0.3, -0.25) is 0 Å². The van der Waals surface area contributed by atoms with E-state index in [9.17, 15) is 13.2 Å². The number of nitrogen functional groups attached to an aromatic ring is 1. The molecule has 5 nitrogen and oxygen atoms in total. The molecule has 0 spiro atoms. The van der Waals surface area contributed by atoms with E-state index < -0.39 is 12.2 Å². The standard InChI is InChI=1S/C10H10F3N5/c1-6(10(11,12)13)18-5-15-17-9(18)7-3-2-4-8(14)16-7/h2-6H,1H3,(H2,14,16)/t6-/m0/s1. The topological polar surface area (TPSA) is 69.6 Å². The summed E-state index contributed by atoms with van der Waals surface area (Å²) in [6, 6.07) is 2.93. The highest BCUT2D eigenvalue weighted by Crippen LogP contribution is 2.32. The zero-order valence-corrected chi connectivity index (χ0v) is 9.39. The first-order chi connectivity index (χ1) is 8.39. The minimum atomic E-state index is -4.38. The highest BCUT2D eigenvalue weighted by molar-refractivity contribution is 5.52. The molecule has 2 N–H and O–H groups in total. The van der Waals surface area contributed by atoms with Gasteiger partial charge in [0, 0.05) is 0 Å². The first-order valence-electron chi connectivity index (χ1n) is 5.08. The fraction of sp³-hybridized carbons (Fsp3) is 0.300. The fourth-order valence-electron chi connectivity index (χ4n) is 1.44. The Morgan fingerprint density at radius 1 is 1.33 bits per heavy atom. The molecule has 18 heavy (non-hydrogen) atoms. The number of pyridine rings is 1. The number of halogens is 3. The molecule has 2 heterocycles. The van der Waals surface area contributed by atoms with Crippen LogP contribution in [0.2, 0.25) is 0 Å². The molecule has 8 heteroatoms. The van der Waals surface area contributed by atoms with Crippen LogP contribution in [0.1, 0.15) is 13.0 Å². The zero-order chi connectivity index (χ0) is 13.3. The van der Waals surface area contributed by atoms with E-state index in [2.05, 4.69) is 15.2 Å². The molecule has 0 bridgehead atoms. The lowest BCUT2D eigenvalue weighted by Gasteiger charge is -2.18. The first kappa shape index (κ1) is 12.3. The van der Waals surface area contributed by atoms with E-state index in [1.807, 2.05) is 0 Å². The summed E-state index contributed by atoms with van der Waals surface area (Å²) in [4.78, 5) is 3.93. The third-order valence-corrected chi connectivity index (χ3v) is 2.46. The predicted molar refractivity (Wildman–Crippen MR) is 58.4 cm³/mol. The molecule has 2 aromatic heterocycles. The van der Waals surface area contributed by atoms with Crippen molar-refractivity contribution in [3.8, 4) is 11.5 Å². The molecule has 0 aliphatic rings. The molecule has 0 aromatic carbocycles. The minimum Gasteiger partial charge on any atom is -0.384 e. The molecule has 2 aromatic rings. The summed E-state index contributed by atoms with van der Waals surface area (Å²) in [7, 11) is 0. The predicted octanol–water partition coefficient (Wildman–Crippen LogP) is 2.05. The smallest absolute Gasteiger partial charge is 0.384 e. The molecule has 0 amide bonds. The van der Waals surface area contributed by atoms with Crippen molar-refractivity contribution in [3.05, 3.63) is 24.5 Å². The third kappa shape index (κ3) is 2.27. The van der Waals surface area contributed by atoms with Gasteiger partial charge in [-0.25, -0.2) is 4.98 Å². The summed E-state index contributed by atoms with van der Waals surface area (Å²) in [5.41, 5.74) is 5.74. The molecule has 0 fully saturated rings. The molecule has 0 saturated heterocycles. The number of hydrogen-bond donors (Lipinski definition) is 1. The Bertz CT molecular complexity index is 548. The molecular weight excluding hydrogens is 247 g/mol. The van der Waals surface area contributed by atoms with Gasteiger partial charge in [0.05, 0.1) is 0 Å². The van der Waals surface area contributed by atoms with Crippen molar-refractivity contribution in [2.24, 2.45) is 0 Å². The second-order valence-corrected chi connectivity index (χ2v) is 3.73. The van der Waals surface area contributed by atoms with Gasteiger partial charge in [-0.1, -0.05) is 6.07 Å². The summed E-state index contributed by atoms with van der Waals surface area (Å²) in [6.07, 6.45) is -3.35. The molecule has 1 atom stereocenters. The maximum atomic E-state index is 12.7. The van der Waals surface area contributed by atoms with Crippen LogP contribution in [0.4, 0.5) is 19.0 Å². The van der Waals surface area contributed by atoms with Crippen LogP contribution in [-0.4, -0.2) is 25.9 Å². The fourth-order valence-corrected chi connectivity index (χ4v) is 1.44. The number of aromatic nitrogens is 4. The lowest BCUT2D eigenvalue weighted by atomic mass is 10.3. The highest BCUT2D eigenvalue weighted by atomic mass is 19.4. The summed E-state index contributed by atoms with van der Waals surface area (Å²) in [6.45, 7) is 1.03. The lowest BCUT2D eigenvalue weighted by molar-refractivity contribution is -0.162. The van der Waals surface area contributed by atoms with E-state index >= 15 is 0 Å². The van der Waals surface area contributed by atoms with Gasteiger partial charge >= 0.3 is 6.18 Å². The Labute approximate surface area is 100 Å². The number of anilines is 1. The maximum Gasteiger partial charge on any atom is 0.408 e. The average Bonchev–Trinajstić information content (AvgIpc) is 2.75. The Kier molecular flexibility index (Phi) is 2.93. The number of nitrogens with zero attached hydrogens (tertiary/aromatic N) is 4. The van der Waals surface area contributed by atoms with Gasteiger partial charge in [0.1, 0.15) is 23.9 Å². The van der Waals surface area contributed by atoms with Gasteiger partial charge in [-0.05, 0) is 19.1 Å². The molecule has 0 saturated carbocycles. The Balaban J connectivity index is 2.45. The van der Waals surface area contributed by atoms with Crippen LogP contribution >= 0.6 is 0 Å². The van der Waals surface area contributed by atoms with E-state index in [0.717, 1.165) is 17.8 Å². The second-order valence-electron chi connectivity index (χ2n) is 3.73. The monoisotopic (exact) mass is 257 g/mol. The normalized spacial score (nSPS) is 13.6. The van der Waals surface area contributed by atoms with Gasteiger partial charge < -0.3 is 10.3 Å². The van der Waals surface area contributed by atoms with Crippen molar-refractivity contribution in [2.75, 3.05) is 5.73 Å². The van der Waals surface area contributed by atoms with E-state index in [-0.39, 0.29) is 17.3 Å². The van der Waals surface area contributed by atoms with Crippen molar-refractivity contribution in [1.29, 1.82) is 0 Å². The largest absolute Gasteiger partial charge is 0.408 e. The van der Waals surface area contributed by atoms with Gasteiger partial charge in [0.25, 0.3) is 0 Å². The molecule has 0 radical (unpaired) electrons. The molecule has 0 aliphatic heterocycles. The molecular formula is C10H10F3N5. The second kappa shape index (κ2) is 4.28. The van der Waals surface area contributed by atoms with E-state index in [0.29, 0.717) is 0 Å². The molecule has 0 unspecified atom stereocenters. The van der Waals surface area contributed by atoms with Gasteiger partial charge in [-0.2, -0.15) is 13.2 Å². The van der Waals surface area contributed by atoms with Crippen LogP contribution in [0.25, 0.3) is 11.5 Å². The Morgan fingerprint density at radius 3 is 2.67 bits per heavy atom. The van der Waals surface area contributed by atoms with E-state index in [1.54, 1.807) is 6.07 Å². The van der Waals surface area contributed by atoms with Gasteiger partial charge in [-0.15, -0.1) is 10.2 Å². The van der Waals surface area contributed by atoms with Crippen molar-refractivity contribution < 1.29 is 13.2 Å². The number of rotatable bonds is 2. The van der Waals surface area contributed by atoms with Crippen molar-refractivity contribution in [1.82, 2.24) is 19.7 Å². The average molecular weight is 257 g/mol. The highest BCUT2D eigenvalue weighted by Gasteiger charge is 2.38. The minimum absolute atomic E-state index is 0.0344. The van der Waals surface area contributed by atoms with Crippen LogP contribution in [0.3, 0.4) is 0 Å². The summed E-state index contributed by atoms with van der Waals surface area (Å²) in [5, 5.41) is 7.15. The Hall–Kier alpha value is -2.12. The zero-order valence-electron chi connectivity index (χ0n) is 9.39.